The summed E-state index contributed by atoms with van der Waals surface area (Å²) in [6, 6.07) is 18.8. The third-order valence-corrected chi connectivity index (χ3v) is 4.75. The average molecular weight is 399 g/mol. The normalized spacial score (nSPS) is 11.7. The standard InChI is InChI=1S/C23H21N5O2/c1-15(27-22-19-8-3-4-9-20(19)25-14-26-22)16-6-5-7-18(12-16)28-23(29)17-10-11-24-21(13-17)30-2/h3-15H,1-2H3,(H,28,29)(H,25,26,27)/t15-/m1/s1. The molecule has 0 saturated carbocycles. The molecule has 150 valence electrons. The van der Waals surface area contributed by atoms with Crippen LogP contribution in [-0.2, 0) is 0 Å². The highest BCUT2D eigenvalue weighted by Gasteiger charge is 2.12. The van der Waals surface area contributed by atoms with Gasteiger partial charge in [0.25, 0.3) is 5.91 Å². The maximum absolute atomic E-state index is 12.6. The Morgan fingerprint density at radius 3 is 2.73 bits per heavy atom. The van der Waals surface area contributed by atoms with Gasteiger partial charge in [0.1, 0.15) is 12.1 Å². The molecule has 0 radical (unpaired) electrons. The zero-order valence-corrected chi connectivity index (χ0v) is 16.7. The molecule has 0 saturated heterocycles. The molecule has 2 aromatic heterocycles. The predicted molar refractivity (Wildman–Crippen MR) is 117 cm³/mol. The Balaban J connectivity index is 1.51. The van der Waals surface area contributed by atoms with Gasteiger partial charge in [0.15, 0.2) is 0 Å². The van der Waals surface area contributed by atoms with E-state index in [2.05, 4.69) is 25.6 Å². The van der Waals surface area contributed by atoms with Crippen LogP contribution in [0.3, 0.4) is 0 Å². The summed E-state index contributed by atoms with van der Waals surface area (Å²) in [6.07, 6.45) is 3.10. The van der Waals surface area contributed by atoms with E-state index in [-0.39, 0.29) is 11.9 Å². The van der Waals surface area contributed by atoms with Gasteiger partial charge in [0.05, 0.1) is 18.7 Å². The Kier molecular flexibility index (Phi) is 5.52. The number of hydrogen-bond donors (Lipinski definition) is 2. The molecular formula is C23H21N5O2. The monoisotopic (exact) mass is 399 g/mol. The third-order valence-electron chi connectivity index (χ3n) is 4.75. The second kappa shape index (κ2) is 8.57. The fraction of sp³-hybridized carbons (Fsp3) is 0.130. The van der Waals surface area contributed by atoms with Crippen molar-refractivity contribution in [2.75, 3.05) is 17.7 Å². The molecule has 0 bridgehead atoms. The fourth-order valence-corrected chi connectivity index (χ4v) is 3.16. The maximum Gasteiger partial charge on any atom is 0.255 e. The van der Waals surface area contributed by atoms with Gasteiger partial charge in [-0.1, -0.05) is 24.3 Å². The summed E-state index contributed by atoms with van der Waals surface area (Å²) in [4.78, 5) is 25.3. The van der Waals surface area contributed by atoms with Crippen molar-refractivity contribution >= 4 is 28.3 Å². The number of pyridine rings is 1. The number of nitrogens with zero attached hydrogens (tertiary/aromatic N) is 3. The number of ether oxygens (including phenoxy) is 1. The smallest absolute Gasteiger partial charge is 0.255 e. The molecule has 0 fully saturated rings. The van der Waals surface area contributed by atoms with Crippen LogP contribution in [0.2, 0.25) is 0 Å². The molecule has 2 aromatic carbocycles. The molecule has 0 aliphatic rings. The lowest BCUT2D eigenvalue weighted by Crippen LogP contribution is -2.13. The second-order valence-corrected chi connectivity index (χ2v) is 6.77. The lowest BCUT2D eigenvalue weighted by molar-refractivity contribution is 0.102. The van der Waals surface area contributed by atoms with E-state index in [1.54, 1.807) is 24.7 Å². The molecule has 1 amide bonds. The third kappa shape index (κ3) is 4.20. The van der Waals surface area contributed by atoms with E-state index in [9.17, 15) is 4.79 Å². The van der Waals surface area contributed by atoms with Crippen molar-refractivity contribution in [3.8, 4) is 5.88 Å². The van der Waals surface area contributed by atoms with Gasteiger partial charge in [-0.2, -0.15) is 0 Å². The van der Waals surface area contributed by atoms with Crippen LogP contribution in [0, 0.1) is 0 Å². The molecule has 1 atom stereocenters. The van der Waals surface area contributed by atoms with Gasteiger partial charge >= 0.3 is 0 Å². The Morgan fingerprint density at radius 2 is 1.87 bits per heavy atom. The number of anilines is 2. The lowest BCUT2D eigenvalue weighted by atomic mass is 10.1. The number of para-hydroxylation sites is 1. The minimum Gasteiger partial charge on any atom is -0.481 e. The van der Waals surface area contributed by atoms with Gasteiger partial charge in [-0.25, -0.2) is 15.0 Å². The number of hydrogen-bond acceptors (Lipinski definition) is 6. The van der Waals surface area contributed by atoms with Crippen LogP contribution in [0.5, 0.6) is 5.88 Å². The first-order chi connectivity index (χ1) is 14.6. The molecule has 2 heterocycles. The van der Waals surface area contributed by atoms with Gasteiger partial charge in [-0.15, -0.1) is 0 Å². The Hall–Kier alpha value is -4.00. The zero-order valence-electron chi connectivity index (χ0n) is 16.7. The van der Waals surface area contributed by atoms with Crippen molar-refractivity contribution in [3.63, 3.8) is 0 Å². The maximum atomic E-state index is 12.6. The highest BCUT2D eigenvalue weighted by molar-refractivity contribution is 6.04. The van der Waals surface area contributed by atoms with E-state index in [1.807, 2.05) is 55.5 Å². The number of fused-ring (bicyclic) bond motifs is 1. The van der Waals surface area contributed by atoms with Crippen LogP contribution >= 0.6 is 0 Å². The quantitative estimate of drug-likeness (QED) is 0.498. The molecular weight excluding hydrogens is 378 g/mol. The number of carbonyl (C=O) groups is 1. The fourth-order valence-electron chi connectivity index (χ4n) is 3.16. The van der Waals surface area contributed by atoms with Crippen molar-refractivity contribution in [1.82, 2.24) is 15.0 Å². The summed E-state index contributed by atoms with van der Waals surface area (Å²) in [5.41, 5.74) is 3.08. The molecule has 0 aliphatic heterocycles. The molecule has 30 heavy (non-hydrogen) atoms. The molecule has 4 aromatic rings. The number of methoxy groups -OCH3 is 1. The Labute approximate surface area is 174 Å². The van der Waals surface area contributed by atoms with E-state index in [1.165, 1.54) is 7.11 Å². The van der Waals surface area contributed by atoms with Crippen molar-refractivity contribution < 1.29 is 9.53 Å². The minimum atomic E-state index is -0.227. The predicted octanol–water partition coefficient (Wildman–Crippen LogP) is 4.46. The van der Waals surface area contributed by atoms with Gasteiger partial charge in [0, 0.05) is 28.9 Å². The topological polar surface area (TPSA) is 89.0 Å². The highest BCUT2D eigenvalue weighted by atomic mass is 16.5. The summed E-state index contributed by atoms with van der Waals surface area (Å²) in [5.74, 6) is 0.938. The Bertz CT molecular complexity index is 1190. The van der Waals surface area contributed by atoms with Crippen LogP contribution in [-0.4, -0.2) is 28.0 Å². The van der Waals surface area contributed by atoms with Crippen molar-refractivity contribution in [3.05, 3.63) is 84.3 Å². The molecule has 0 unspecified atom stereocenters. The summed E-state index contributed by atoms with van der Waals surface area (Å²) in [7, 11) is 1.52. The van der Waals surface area contributed by atoms with E-state index in [0.29, 0.717) is 17.1 Å². The molecule has 7 heteroatoms. The van der Waals surface area contributed by atoms with Crippen LogP contribution in [0.25, 0.3) is 10.9 Å². The summed E-state index contributed by atoms with van der Waals surface area (Å²) >= 11 is 0. The number of carbonyl (C=O) groups excluding carboxylic acids is 1. The van der Waals surface area contributed by atoms with Crippen LogP contribution < -0.4 is 15.4 Å². The SMILES string of the molecule is COc1cc(C(=O)Nc2cccc([C@@H](C)Nc3ncnc4ccccc34)c2)ccn1. The van der Waals surface area contributed by atoms with Gasteiger partial charge < -0.3 is 15.4 Å². The number of rotatable bonds is 6. The van der Waals surface area contributed by atoms with Crippen LogP contribution in [0.15, 0.2) is 73.2 Å². The molecule has 7 nitrogen and oxygen atoms in total. The molecule has 0 aliphatic carbocycles. The van der Waals surface area contributed by atoms with E-state index in [4.69, 9.17) is 4.74 Å². The number of nitrogens with one attached hydrogen (secondary N) is 2. The number of amides is 1. The first kappa shape index (κ1) is 19.3. The zero-order chi connectivity index (χ0) is 20.9. The first-order valence-electron chi connectivity index (χ1n) is 9.51. The second-order valence-electron chi connectivity index (χ2n) is 6.77. The van der Waals surface area contributed by atoms with Crippen molar-refractivity contribution in [2.45, 2.75) is 13.0 Å². The minimum absolute atomic E-state index is 0.0267. The van der Waals surface area contributed by atoms with Crippen molar-refractivity contribution in [1.29, 1.82) is 0 Å². The van der Waals surface area contributed by atoms with Gasteiger partial charge in [-0.05, 0) is 42.8 Å². The average Bonchev–Trinajstić information content (AvgIpc) is 2.79. The largest absolute Gasteiger partial charge is 0.481 e. The van der Waals surface area contributed by atoms with Crippen LogP contribution in [0.4, 0.5) is 11.5 Å². The highest BCUT2D eigenvalue weighted by Crippen LogP contribution is 2.25. The lowest BCUT2D eigenvalue weighted by Gasteiger charge is -2.17. The summed E-state index contributed by atoms with van der Waals surface area (Å²) in [6.45, 7) is 2.05. The van der Waals surface area contributed by atoms with E-state index < -0.39 is 0 Å². The van der Waals surface area contributed by atoms with Gasteiger partial charge in [0.2, 0.25) is 5.88 Å². The van der Waals surface area contributed by atoms with Gasteiger partial charge in [-0.3, -0.25) is 4.79 Å². The van der Waals surface area contributed by atoms with E-state index >= 15 is 0 Å². The first-order valence-corrected chi connectivity index (χ1v) is 9.51. The molecule has 4 rings (SSSR count). The van der Waals surface area contributed by atoms with Crippen LogP contribution in [0.1, 0.15) is 28.9 Å². The number of benzene rings is 2. The van der Waals surface area contributed by atoms with Crippen molar-refractivity contribution in [2.24, 2.45) is 0 Å². The number of aromatic nitrogens is 3. The summed E-state index contributed by atoms with van der Waals surface area (Å²) in [5, 5.41) is 7.32. The summed E-state index contributed by atoms with van der Waals surface area (Å²) < 4.78 is 5.08. The molecule has 2 N–H and O–H groups in total. The van der Waals surface area contributed by atoms with E-state index in [0.717, 1.165) is 22.3 Å². The Morgan fingerprint density at radius 1 is 1.00 bits per heavy atom. The molecule has 0 spiro atoms.